The van der Waals surface area contributed by atoms with E-state index in [0.29, 0.717) is 13.1 Å². The summed E-state index contributed by atoms with van der Waals surface area (Å²) in [5.74, 6) is 0.347. The molecule has 3 rings (SSSR count). The maximum atomic E-state index is 13.5. The lowest BCUT2D eigenvalue weighted by Gasteiger charge is -2.12. The minimum absolute atomic E-state index is 0.149. The van der Waals surface area contributed by atoms with Gasteiger partial charge in [0, 0.05) is 42.9 Å². The van der Waals surface area contributed by atoms with E-state index >= 15 is 0 Å². The number of carbonyl (C=O) groups excluding carboxylic acids is 1. The van der Waals surface area contributed by atoms with Crippen molar-refractivity contribution in [3.63, 3.8) is 0 Å². The Kier molecular flexibility index (Phi) is 5.03. The van der Waals surface area contributed by atoms with Crippen LogP contribution in [0.5, 0.6) is 0 Å². The van der Waals surface area contributed by atoms with Crippen molar-refractivity contribution in [1.29, 1.82) is 0 Å². The highest BCUT2D eigenvalue weighted by Crippen LogP contribution is 2.18. The van der Waals surface area contributed by atoms with E-state index in [4.69, 9.17) is 0 Å². The largest absolute Gasteiger partial charge is 0.336 e. The van der Waals surface area contributed by atoms with E-state index in [-0.39, 0.29) is 5.69 Å². The Morgan fingerprint density at radius 1 is 1.20 bits per heavy atom. The van der Waals surface area contributed by atoms with Crippen molar-refractivity contribution >= 4 is 11.7 Å². The minimum Gasteiger partial charge on any atom is -0.336 e. The number of imidazole rings is 1. The molecule has 2 aromatic heterocycles. The number of aromatic nitrogens is 3. The predicted octanol–water partition coefficient (Wildman–Crippen LogP) is 3.21. The van der Waals surface area contributed by atoms with Crippen molar-refractivity contribution in [2.75, 3.05) is 11.9 Å². The van der Waals surface area contributed by atoms with Gasteiger partial charge in [-0.05, 0) is 31.2 Å². The Morgan fingerprint density at radius 3 is 2.72 bits per heavy atom. The van der Waals surface area contributed by atoms with Gasteiger partial charge in [0.15, 0.2) is 0 Å². The van der Waals surface area contributed by atoms with Crippen molar-refractivity contribution in [3.8, 4) is 11.4 Å². The van der Waals surface area contributed by atoms with E-state index in [1.807, 2.05) is 23.6 Å². The third kappa shape index (κ3) is 4.00. The number of carbonyl (C=O) groups is 1. The molecule has 0 aliphatic rings. The van der Waals surface area contributed by atoms with Gasteiger partial charge in [-0.2, -0.15) is 0 Å². The van der Waals surface area contributed by atoms with E-state index in [1.165, 1.54) is 12.1 Å². The molecule has 0 saturated carbocycles. The number of nitrogens with zero attached hydrogens (tertiary/aromatic N) is 3. The van der Waals surface area contributed by atoms with Crippen LogP contribution in [0.2, 0.25) is 0 Å². The summed E-state index contributed by atoms with van der Waals surface area (Å²) in [6, 6.07) is 9.36. The van der Waals surface area contributed by atoms with Crippen LogP contribution < -0.4 is 10.6 Å². The summed E-state index contributed by atoms with van der Waals surface area (Å²) in [4.78, 5) is 20.3. The molecule has 0 bridgehead atoms. The quantitative estimate of drug-likeness (QED) is 0.750. The van der Waals surface area contributed by atoms with Gasteiger partial charge in [0.2, 0.25) is 0 Å². The zero-order chi connectivity index (χ0) is 17.6. The fourth-order valence-corrected chi connectivity index (χ4v) is 2.48. The number of halogens is 1. The normalized spacial score (nSPS) is 10.5. The number of anilines is 1. The van der Waals surface area contributed by atoms with Crippen LogP contribution in [0.4, 0.5) is 14.9 Å². The highest BCUT2D eigenvalue weighted by Gasteiger charge is 2.10. The average molecular weight is 339 g/mol. The number of hydrogen-bond acceptors (Lipinski definition) is 3. The van der Waals surface area contributed by atoms with Crippen molar-refractivity contribution in [2.24, 2.45) is 0 Å². The summed E-state index contributed by atoms with van der Waals surface area (Å²) in [6.07, 6.45) is 5.21. The molecule has 0 aliphatic carbocycles. The van der Waals surface area contributed by atoms with Crippen LogP contribution >= 0.6 is 0 Å². The van der Waals surface area contributed by atoms with Gasteiger partial charge in [0.1, 0.15) is 11.6 Å². The molecule has 0 aliphatic heterocycles. The van der Waals surface area contributed by atoms with E-state index in [0.717, 1.165) is 17.1 Å². The monoisotopic (exact) mass is 339 g/mol. The summed E-state index contributed by atoms with van der Waals surface area (Å²) in [5.41, 5.74) is 2.10. The third-order valence-corrected chi connectivity index (χ3v) is 3.74. The number of para-hydroxylation sites is 1. The van der Waals surface area contributed by atoms with Gasteiger partial charge >= 0.3 is 6.03 Å². The second-order valence-electron chi connectivity index (χ2n) is 5.47. The molecule has 2 N–H and O–H groups in total. The Hall–Kier alpha value is -3.22. The topological polar surface area (TPSA) is 71.8 Å². The van der Waals surface area contributed by atoms with Gasteiger partial charge in [-0.3, -0.25) is 4.98 Å². The second-order valence-corrected chi connectivity index (χ2v) is 5.47. The molecule has 128 valence electrons. The lowest BCUT2D eigenvalue weighted by Crippen LogP contribution is -2.32. The molecule has 3 aromatic rings. The lowest BCUT2D eigenvalue weighted by molar-refractivity contribution is 0.251. The first-order valence-electron chi connectivity index (χ1n) is 7.87. The highest BCUT2D eigenvalue weighted by atomic mass is 19.1. The van der Waals surface area contributed by atoms with E-state index in [1.54, 1.807) is 30.7 Å². The van der Waals surface area contributed by atoms with Crippen LogP contribution in [-0.2, 0) is 6.54 Å². The SMILES string of the molecule is Cc1cnc(-c2ccncc2)n1CCNC(=O)Nc1ccccc1F. The summed E-state index contributed by atoms with van der Waals surface area (Å²) < 4.78 is 15.5. The van der Waals surface area contributed by atoms with Crippen LogP contribution in [0.15, 0.2) is 55.0 Å². The van der Waals surface area contributed by atoms with Crippen molar-refractivity contribution in [2.45, 2.75) is 13.5 Å². The number of urea groups is 1. The standard InChI is InChI=1S/C18H18FN5O/c1-13-12-22-17(14-6-8-20-9-7-14)24(13)11-10-21-18(25)23-16-5-3-2-4-15(16)19/h2-9,12H,10-11H2,1H3,(H2,21,23,25). The molecule has 1 aromatic carbocycles. The van der Waals surface area contributed by atoms with Gasteiger partial charge in [0.25, 0.3) is 0 Å². The minimum atomic E-state index is -0.469. The number of amides is 2. The van der Waals surface area contributed by atoms with Crippen LogP contribution in [0.25, 0.3) is 11.4 Å². The number of benzene rings is 1. The first kappa shape index (κ1) is 16.6. The van der Waals surface area contributed by atoms with Crippen LogP contribution in [-0.4, -0.2) is 27.1 Å². The smallest absolute Gasteiger partial charge is 0.319 e. The summed E-state index contributed by atoms with van der Waals surface area (Å²) in [5, 5.41) is 5.22. The van der Waals surface area contributed by atoms with Gasteiger partial charge in [-0.1, -0.05) is 12.1 Å². The fourth-order valence-electron chi connectivity index (χ4n) is 2.48. The summed E-state index contributed by atoms with van der Waals surface area (Å²) in [6.45, 7) is 2.89. The lowest BCUT2D eigenvalue weighted by atomic mass is 10.2. The van der Waals surface area contributed by atoms with Gasteiger partial charge in [0.05, 0.1) is 5.69 Å². The van der Waals surface area contributed by atoms with Crippen molar-refractivity contribution in [3.05, 3.63) is 66.5 Å². The molecule has 2 heterocycles. The fraction of sp³-hybridized carbons (Fsp3) is 0.167. The van der Waals surface area contributed by atoms with E-state index < -0.39 is 11.8 Å². The zero-order valence-corrected chi connectivity index (χ0v) is 13.7. The Morgan fingerprint density at radius 2 is 1.96 bits per heavy atom. The molecule has 0 unspecified atom stereocenters. The first-order valence-corrected chi connectivity index (χ1v) is 7.87. The average Bonchev–Trinajstić information content (AvgIpc) is 2.99. The van der Waals surface area contributed by atoms with Crippen LogP contribution in [0.1, 0.15) is 5.69 Å². The Balaban J connectivity index is 1.60. The number of nitrogens with one attached hydrogen (secondary N) is 2. The number of pyridine rings is 1. The third-order valence-electron chi connectivity index (χ3n) is 3.74. The highest BCUT2D eigenvalue weighted by molar-refractivity contribution is 5.89. The van der Waals surface area contributed by atoms with Gasteiger partial charge in [-0.15, -0.1) is 0 Å². The van der Waals surface area contributed by atoms with Crippen molar-refractivity contribution < 1.29 is 9.18 Å². The second kappa shape index (κ2) is 7.57. The predicted molar refractivity (Wildman–Crippen MR) is 93.6 cm³/mol. The summed E-state index contributed by atoms with van der Waals surface area (Å²) in [7, 11) is 0. The zero-order valence-electron chi connectivity index (χ0n) is 13.7. The molecule has 7 heteroatoms. The molecule has 25 heavy (non-hydrogen) atoms. The first-order chi connectivity index (χ1) is 12.1. The maximum absolute atomic E-state index is 13.5. The molecule has 0 atom stereocenters. The van der Waals surface area contributed by atoms with Crippen LogP contribution in [0.3, 0.4) is 0 Å². The Bertz CT molecular complexity index is 863. The van der Waals surface area contributed by atoms with Gasteiger partial charge in [-0.25, -0.2) is 14.2 Å². The maximum Gasteiger partial charge on any atom is 0.319 e. The summed E-state index contributed by atoms with van der Waals surface area (Å²) >= 11 is 0. The molecular formula is C18H18FN5O. The van der Waals surface area contributed by atoms with E-state index in [2.05, 4.69) is 20.6 Å². The molecule has 0 radical (unpaired) electrons. The van der Waals surface area contributed by atoms with E-state index in [9.17, 15) is 9.18 Å². The van der Waals surface area contributed by atoms with Crippen molar-refractivity contribution in [1.82, 2.24) is 19.9 Å². The molecule has 6 nitrogen and oxygen atoms in total. The molecular weight excluding hydrogens is 321 g/mol. The number of rotatable bonds is 5. The molecule has 2 amide bonds. The molecule has 0 spiro atoms. The number of aryl methyl sites for hydroxylation is 1. The Labute approximate surface area is 144 Å². The number of hydrogen-bond donors (Lipinski definition) is 2. The molecule has 0 fully saturated rings. The van der Waals surface area contributed by atoms with Gasteiger partial charge < -0.3 is 15.2 Å². The van der Waals surface area contributed by atoms with Crippen LogP contribution in [0, 0.1) is 12.7 Å². The molecule has 0 saturated heterocycles.